The molecule has 9 heteroatoms. The van der Waals surface area contributed by atoms with E-state index in [4.69, 9.17) is 11.6 Å². The Labute approximate surface area is 173 Å². The van der Waals surface area contributed by atoms with Crippen LogP contribution in [0.1, 0.15) is 15.9 Å². The lowest BCUT2D eigenvalue weighted by atomic mass is 10.2. The van der Waals surface area contributed by atoms with E-state index in [-0.39, 0.29) is 27.1 Å². The number of aromatic nitrogens is 1. The van der Waals surface area contributed by atoms with Crippen LogP contribution in [0.5, 0.6) is 0 Å². The molecule has 1 N–H and O–H groups in total. The SMILES string of the molecule is CN(Cc1cccnc1)C(=O)c1ccc(Cl)c(S(=O)(=O)Nc2ccc(F)cc2)c1. The fourth-order valence-electron chi connectivity index (χ4n) is 2.63. The quantitative estimate of drug-likeness (QED) is 0.638. The molecule has 0 spiro atoms. The molecule has 0 saturated carbocycles. The van der Waals surface area contributed by atoms with E-state index in [9.17, 15) is 17.6 Å². The number of nitrogens with zero attached hydrogens (tertiary/aromatic N) is 2. The Morgan fingerprint density at radius 3 is 2.55 bits per heavy atom. The zero-order chi connectivity index (χ0) is 21.0. The number of hydrogen-bond donors (Lipinski definition) is 1. The molecule has 3 aromatic rings. The highest BCUT2D eigenvalue weighted by Gasteiger charge is 2.22. The van der Waals surface area contributed by atoms with Crippen molar-refractivity contribution in [1.82, 2.24) is 9.88 Å². The van der Waals surface area contributed by atoms with E-state index in [1.54, 1.807) is 25.5 Å². The Kier molecular flexibility index (Phi) is 6.14. The van der Waals surface area contributed by atoms with Crippen LogP contribution in [0.2, 0.25) is 5.02 Å². The highest BCUT2D eigenvalue weighted by atomic mass is 35.5. The van der Waals surface area contributed by atoms with Gasteiger partial charge in [-0.25, -0.2) is 12.8 Å². The lowest BCUT2D eigenvalue weighted by Crippen LogP contribution is -2.26. The third-order valence-electron chi connectivity index (χ3n) is 4.05. The van der Waals surface area contributed by atoms with Crippen molar-refractivity contribution in [2.45, 2.75) is 11.4 Å². The topological polar surface area (TPSA) is 79.4 Å². The van der Waals surface area contributed by atoms with Crippen molar-refractivity contribution in [2.24, 2.45) is 0 Å². The van der Waals surface area contributed by atoms with Crippen LogP contribution < -0.4 is 4.72 Å². The van der Waals surface area contributed by atoms with Gasteiger partial charge in [0.2, 0.25) is 0 Å². The number of nitrogens with one attached hydrogen (secondary N) is 1. The van der Waals surface area contributed by atoms with Gasteiger partial charge in [-0.2, -0.15) is 0 Å². The van der Waals surface area contributed by atoms with Crippen LogP contribution in [0.4, 0.5) is 10.1 Å². The molecule has 0 saturated heterocycles. The number of benzene rings is 2. The normalized spacial score (nSPS) is 11.1. The summed E-state index contributed by atoms with van der Waals surface area (Å²) in [4.78, 5) is 17.9. The van der Waals surface area contributed by atoms with E-state index in [2.05, 4.69) is 9.71 Å². The first-order valence-corrected chi connectivity index (χ1v) is 10.3. The van der Waals surface area contributed by atoms with Crippen molar-refractivity contribution >= 4 is 33.2 Å². The first-order valence-electron chi connectivity index (χ1n) is 8.48. The molecule has 0 fully saturated rings. The summed E-state index contributed by atoms with van der Waals surface area (Å²) in [5, 5.41) is -0.0360. The van der Waals surface area contributed by atoms with Crippen LogP contribution in [-0.2, 0) is 16.6 Å². The van der Waals surface area contributed by atoms with Crippen molar-refractivity contribution < 1.29 is 17.6 Å². The zero-order valence-corrected chi connectivity index (χ0v) is 16.9. The van der Waals surface area contributed by atoms with E-state index in [0.29, 0.717) is 6.54 Å². The molecule has 1 heterocycles. The summed E-state index contributed by atoms with van der Waals surface area (Å²) in [6, 6.07) is 12.5. The number of carbonyl (C=O) groups is 1. The van der Waals surface area contributed by atoms with Crippen molar-refractivity contribution in [1.29, 1.82) is 0 Å². The molecule has 1 amide bonds. The fourth-order valence-corrected chi connectivity index (χ4v) is 4.21. The Bertz CT molecular complexity index is 1120. The van der Waals surface area contributed by atoms with Gasteiger partial charge in [0.25, 0.3) is 15.9 Å². The predicted molar refractivity (Wildman–Crippen MR) is 109 cm³/mol. The van der Waals surface area contributed by atoms with Crippen LogP contribution in [0.3, 0.4) is 0 Å². The molecule has 0 aliphatic heterocycles. The second-order valence-electron chi connectivity index (χ2n) is 6.28. The van der Waals surface area contributed by atoms with Gasteiger partial charge in [-0.15, -0.1) is 0 Å². The van der Waals surface area contributed by atoms with Crippen LogP contribution in [0.25, 0.3) is 0 Å². The first kappa shape index (κ1) is 20.8. The van der Waals surface area contributed by atoms with Crippen molar-refractivity contribution in [2.75, 3.05) is 11.8 Å². The number of amides is 1. The standard InChI is InChI=1S/C20H17ClFN3O3S/c1-25(13-14-3-2-10-23-12-14)20(26)15-4-9-18(21)19(11-15)29(27,28)24-17-7-5-16(22)6-8-17/h2-12,24H,13H2,1H3. The van der Waals surface area contributed by atoms with E-state index in [0.717, 1.165) is 17.7 Å². The number of hydrogen-bond acceptors (Lipinski definition) is 4. The molecule has 0 radical (unpaired) electrons. The largest absolute Gasteiger partial charge is 0.337 e. The zero-order valence-electron chi connectivity index (χ0n) is 15.3. The Morgan fingerprint density at radius 2 is 1.90 bits per heavy atom. The van der Waals surface area contributed by atoms with E-state index >= 15 is 0 Å². The number of anilines is 1. The van der Waals surface area contributed by atoms with Crippen molar-refractivity contribution in [3.63, 3.8) is 0 Å². The number of pyridine rings is 1. The molecule has 150 valence electrons. The van der Waals surface area contributed by atoms with Crippen LogP contribution >= 0.6 is 11.6 Å². The van der Waals surface area contributed by atoms with Gasteiger partial charge in [0.15, 0.2) is 0 Å². The second-order valence-corrected chi connectivity index (χ2v) is 8.34. The summed E-state index contributed by atoms with van der Waals surface area (Å²) in [6.07, 6.45) is 3.28. The lowest BCUT2D eigenvalue weighted by molar-refractivity contribution is 0.0784. The Hall–Kier alpha value is -2.97. The maximum absolute atomic E-state index is 13.0. The molecule has 2 aromatic carbocycles. The predicted octanol–water partition coefficient (Wildman–Crippen LogP) is 3.95. The summed E-state index contributed by atoms with van der Waals surface area (Å²) in [5.74, 6) is -0.862. The fraction of sp³-hybridized carbons (Fsp3) is 0.100. The van der Waals surface area contributed by atoms with Crippen molar-refractivity contribution in [3.8, 4) is 0 Å². The maximum atomic E-state index is 13.0. The minimum Gasteiger partial charge on any atom is -0.337 e. The minimum absolute atomic E-state index is 0.0360. The van der Waals surface area contributed by atoms with Gasteiger partial charge in [0, 0.05) is 37.2 Å². The summed E-state index contributed by atoms with van der Waals surface area (Å²) >= 11 is 6.07. The molecule has 0 unspecified atom stereocenters. The number of halogens is 2. The molecule has 0 bridgehead atoms. The average Bonchev–Trinajstić information content (AvgIpc) is 2.70. The van der Waals surface area contributed by atoms with Crippen LogP contribution in [0.15, 0.2) is 71.9 Å². The Balaban J connectivity index is 1.85. The number of sulfonamides is 1. The van der Waals surface area contributed by atoms with Gasteiger partial charge in [0.05, 0.1) is 5.02 Å². The summed E-state index contributed by atoms with van der Waals surface area (Å²) in [6.45, 7) is 0.311. The number of carbonyl (C=O) groups excluding carboxylic acids is 1. The monoisotopic (exact) mass is 433 g/mol. The maximum Gasteiger partial charge on any atom is 0.263 e. The van der Waals surface area contributed by atoms with Gasteiger partial charge in [0.1, 0.15) is 10.7 Å². The molecule has 1 aromatic heterocycles. The smallest absolute Gasteiger partial charge is 0.263 e. The summed E-state index contributed by atoms with van der Waals surface area (Å²) < 4.78 is 40.8. The van der Waals surface area contributed by atoms with Crippen LogP contribution in [0, 0.1) is 5.82 Å². The minimum atomic E-state index is -4.08. The first-order chi connectivity index (χ1) is 13.8. The van der Waals surface area contributed by atoms with E-state index in [1.165, 1.54) is 35.2 Å². The highest BCUT2D eigenvalue weighted by molar-refractivity contribution is 7.92. The third kappa shape index (κ3) is 5.10. The van der Waals surface area contributed by atoms with E-state index in [1.807, 2.05) is 6.07 Å². The molecule has 6 nitrogen and oxygen atoms in total. The van der Waals surface area contributed by atoms with Crippen LogP contribution in [-0.4, -0.2) is 31.3 Å². The summed E-state index contributed by atoms with van der Waals surface area (Å²) in [7, 11) is -2.48. The van der Waals surface area contributed by atoms with Crippen molar-refractivity contribution in [3.05, 3.63) is 89.0 Å². The summed E-state index contributed by atoms with van der Waals surface area (Å²) in [5.41, 5.74) is 1.18. The molecule has 0 aliphatic rings. The highest BCUT2D eigenvalue weighted by Crippen LogP contribution is 2.26. The average molecular weight is 434 g/mol. The molecule has 0 atom stereocenters. The molecular formula is C20H17ClFN3O3S. The molecule has 29 heavy (non-hydrogen) atoms. The molecular weight excluding hydrogens is 417 g/mol. The van der Waals surface area contributed by atoms with Gasteiger partial charge >= 0.3 is 0 Å². The van der Waals surface area contributed by atoms with Gasteiger partial charge in [-0.05, 0) is 54.1 Å². The van der Waals surface area contributed by atoms with Gasteiger partial charge in [-0.1, -0.05) is 17.7 Å². The van der Waals surface area contributed by atoms with Gasteiger partial charge in [-0.3, -0.25) is 14.5 Å². The lowest BCUT2D eigenvalue weighted by Gasteiger charge is -2.18. The molecule has 0 aliphatic carbocycles. The number of rotatable bonds is 6. The Morgan fingerprint density at radius 1 is 1.17 bits per heavy atom. The second kappa shape index (κ2) is 8.59. The van der Waals surface area contributed by atoms with Gasteiger partial charge < -0.3 is 4.90 Å². The third-order valence-corrected chi connectivity index (χ3v) is 5.92. The van der Waals surface area contributed by atoms with E-state index < -0.39 is 15.8 Å². The molecule has 3 rings (SSSR count).